The maximum Gasteiger partial charge on any atom is 0.354 e. The summed E-state index contributed by atoms with van der Waals surface area (Å²) in [7, 11) is 1.63. The Morgan fingerprint density at radius 2 is 2.14 bits per heavy atom. The molecule has 0 fully saturated rings. The van der Waals surface area contributed by atoms with E-state index < -0.39 is 5.97 Å². The van der Waals surface area contributed by atoms with E-state index in [0.717, 1.165) is 5.69 Å². The zero-order valence-corrected chi connectivity index (χ0v) is 11.8. The van der Waals surface area contributed by atoms with Gasteiger partial charge in [0.25, 0.3) is 0 Å². The van der Waals surface area contributed by atoms with Gasteiger partial charge in [0.05, 0.1) is 18.8 Å². The van der Waals surface area contributed by atoms with Crippen molar-refractivity contribution in [1.29, 1.82) is 0 Å². The molecule has 0 atom stereocenters. The number of pyridine rings is 2. The molecule has 0 spiro atoms. The molecule has 0 saturated carbocycles. The summed E-state index contributed by atoms with van der Waals surface area (Å²) in [6.45, 7) is 1.66. The predicted molar refractivity (Wildman–Crippen MR) is 78.4 cm³/mol. The maximum absolute atomic E-state index is 11.0. The highest BCUT2D eigenvalue weighted by Crippen LogP contribution is 2.14. The van der Waals surface area contributed by atoms with Gasteiger partial charge in [0.15, 0.2) is 5.69 Å². The van der Waals surface area contributed by atoms with E-state index in [2.05, 4.69) is 9.97 Å². The summed E-state index contributed by atoms with van der Waals surface area (Å²) in [5, 5.41) is 9.04. The van der Waals surface area contributed by atoms with Crippen molar-refractivity contribution in [3.8, 4) is 0 Å². The smallest absolute Gasteiger partial charge is 0.354 e. The van der Waals surface area contributed by atoms with Crippen molar-refractivity contribution in [3.63, 3.8) is 0 Å². The van der Waals surface area contributed by atoms with Crippen LogP contribution in [0.5, 0.6) is 0 Å². The van der Waals surface area contributed by atoms with Crippen molar-refractivity contribution in [2.45, 2.75) is 6.54 Å². The summed E-state index contributed by atoms with van der Waals surface area (Å²) in [5.74, 6) is -0.445. The third-order valence-electron chi connectivity index (χ3n) is 2.92. The molecule has 21 heavy (non-hydrogen) atoms. The van der Waals surface area contributed by atoms with E-state index in [1.54, 1.807) is 25.4 Å². The number of anilines is 1. The lowest BCUT2D eigenvalue weighted by Gasteiger charge is -2.23. The van der Waals surface area contributed by atoms with Gasteiger partial charge in [-0.05, 0) is 24.3 Å². The van der Waals surface area contributed by atoms with Crippen LogP contribution in [0.2, 0.25) is 0 Å². The number of carboxylic acids is 1. The van der Waals surface area contributed by atoms with Gasteiger partial charge in [0, 0.05) is 19.9 Å². The van der Waals surface area contributed by atoms with Crippen LogP contribution in [-0.4, -0.2) is 41.3 Å². The Labute approximate surface area is 123 Å². The highest BCUT2D eigenvalue weighted by atomic mass is 16.5. The van der Waals surface area contributed by atoms with Crippen LogP contribution in [0.3, 0.4) is 0 Å². The molecule has 0 amide bonds. The van der Waals surface area contributed by atoms with E-state index in [-0.39, 0.29) is 5.69 Å². The molecule has 0 saturated heterocycles. The highest BCUT2D eigenvalue weighted by molar-refractivity contribution is 5.85. The highest BCUT2D eigenvalue weighted by Gasteiger charge is 2.12. The summed E-state index contributed by atoms with van der Waals surface area (Å²) in [6.07, 6.45) is 1.73. The zero-order valence-electron chi connectivity index (χ0n) is 11.8. The Kier molecular flexibility index (Phi) is 5.22. The normalized spacial score (nSPS) is 10.3. The molecular weight excluding hydrogens is 270 g/mol. The fourth-order valence-electron chi connectivity index (χ4n) is 1.88. The molecular formula is C15H17N3O3. The lowest BCUT2D eigenvalue weighted by Crippen LogP contribution is -2.28. The predicted octanol–water partition coefficient (Wildman–Crippen LogP) is 1.83. The second kappa shape index (κ2) is 7.35. The second-order valence-corrected chi connectivity index (χ2v) is 4.42. The van der Waals surface area contributed by atoms with Crippen LogP contribution in [0.25, 0.3) is 0 Å². The molecule has 2 aromatic rings. The molecule has 0 aliphatic carbocycles. The number of aromatic carboxylic acids is 1. The van der Waals surface area contributed by atoms with Gasteiger partial charge in [-0.25, -0.2) is 9.78 Å². The number of hydrogen-bond donors (Lipinski definition) is 1. The first kappa shape index (κ1) is 14.9. The largest absolute Gasteiger partial charge is 0.477 e. The standard InChI is InChI=1S/C15H17N3O3/c1-21-10-9-18(11-12-5-2-3-8-16-12)14-7-4-6-13(17-14)15(19)20/h2-8H,9-11H2,1H3,(H,19,20). The third kappa shape index (κ3) is 4.25. The van der Waals surface area contributed by atoms with Gasteiger partial charge in [0.2, 0.25) is 0 Å². The Bertz CT molecular complexity index is 590. The summed E-state index contributed by atoms with van der Waals surface area (Å²) in [6, 6.07) is 10.6. The van der Waals surface area contributed by atoms with Crippen molar-refractivity contribution in [3.05, 3.63) is 54.0 Å². The molecule has 110 valence electrons. The first-order valence-corrected chi connectivity index (χ1v) is 6.55. The number of aromatic nitrogens is 2. The Balaban J connectivity index is 2.22. The van der Waals surface area contributed by atoms with Crippen LogP contribution >= 0.6 is 0 Å². The average Bonchev–Trinajstić information content (AvgIpc) is 2.52. The molecule has 0 aliphatic heterocycles. The quantitative estimate of drug-likeness (QED) is 0.837. The number of ether oxygens (including phenoxy) is 1. The Morgan fingerprint density at radius 1 is 1.29 bits per heavy atom. The third-order valence-corrected chi connectivity index (χ3v) is 2.92. The van der Waals surface area contributed by atoms with E-state index in [0.29, 0.717) is 25.5 Å². The average molecular weight is 287 g/mol. The summed E-state index contributed by atoms with van der Waals surface area (Å²) in [4.78, 5) is 21.4. The van der Waals surface area contributed by atoms with Crippen LogP contribution in [0.15, 0.2) is 42.6 Å². The van der Waals surface area contributed by atoms with E-state index in [1.807, 2.05) is 23.1 Å². The van der Waals surface area contributed by atoms with Gasteiger partial charge in [0.1, 0.15) is 5.82 Å². The monoisotopic (exact) mass is 287 g/mol. The molecule has 2 heterocycles. The maximum atomic E-state index is 11.0. The van der Waals surface area contributed by atoms with Crippen LogP contribution in [-0.2, 0) is 11.3 Å². The molecule has 0 unspecified atom stereocenters. The van der Waals surface area contributed by atoms with E-state index >= 15 is 0 Å². The zero-order chi connectivity index (χ0) is 15.1. The van der Waals surface area contributed by atoms with Crippen molar-refractivity contribution < 1.29 is 14.6 Å². The van der Waals surface area contributed by atoms with Gasteiger partial charge in [-0.1, -0.05) is 12.1 Å². The number of rotatable bonds is 7. The number of hydrogen-bond acceptors (Lipinski definition) is 5. The Morgan fingerprint density at radius 3 is 2.81 bits per heavy atom. The van der Waals surface area contributed by atoms with Gasteiger partial charge in [-0.3, -0.25) is 4.98 Å². The molecule has 2 rings (SSSR count). The molecule has 2 aromatic heterocycles. The minimum absolute atomic E-state index is 0.0240. The summed E-state index contributed by atoms with van der Waals surface area (Å²) < 4.78 is 5.10. The summed E-state index contributed by atoms with van der Waals surface area (Å²) in [5.41, 5.74) is 0.909. The van der Waals surface area contributed by atoms with Gasteiger partial charge < -0.3 is 14.7 Å². The van der Waals surface area contributed by atoms with E-state index in [9.17, 15) is 4.79 Å². The number of nitrogens with zero attached hydrogens (tertiary/aromatic N) is 3. The first-order chi connectivity index (χ1) is 10.2. The second-order valence-electron chi connectivity index (χ2n) is 4.42. The van der Waals surface area contributed by atoms with Gasteiger partial charge in [-0.15, -0.1) is 0 Å². The van der Waals surface area contributed by atoms with Gasteiger partial charge >= 0.3 is 5.97 Å². The minimum atomic E-state index is -1.04. The minimum Gasteiger partial charge on any atom is -0.477 e. The molecule has 0 radical (unpaired) electrons. The fourth-order valence-corrected chi connectivity index (χ4v) is 1.88. The lowest BCUT2D eigenvalue weighted by molar-refractivity contribution is 0.0690. The topological polar surface area (TPSA) is 75.5 Å². The van der Waals surface area contributed by atoms with E-state index in [4.69, 9.17) is 9.84 Å². The molecule has 0 aromatic carbocycles. The number of carbonyl (C=O) groups is 1. The molecule has 6 heteroatoms. The van der Waals surface area contributed by atoms with Gasteiger partial charge in [-0.2, -0.15) is 0 Å². The van der Waals surface area contributed by atoms with Crippen LogP contribution in [0.4, 0.5) is 5.82 Å². The first-order valence-electron chi connectivity index (χ1n) is 6.55. The molecule has 1 N–H and O–H groups in total. The molecule has 0 bridgehead atoms. The fraction of sp³-hybridized carbons (Fsp3) is 0.267. The van der Waals surface area contributed by atoms with Crippen molar-refractivity contribution in [2.24, 2.45) is 0 Å². The number of methoxy groups -OCH3 is 1. The lowest BCUT2D eigenvalue weighted by atomic mass is 10.3. The van der Waals surface area contributed by atoms with E-state index in [1.165, 1.54) is 6.07 Å². The molecule has 6 nitrogen and oxygen atoms in total. The van der Waals surface area contributed by atoms with Crippen molar-refractivity contribution in [2.75, 3.05) is 25.2 Å². The van der Waals surface area contributed by atoms with Crippen LogP contribution in [0.1, 0.15) is 16.2 Å². The number of carboxylic acid groups (broad SMARTS) is 1. The Hall–Kier alpha value is -2.47. The SMILES string of the molecule is COCCN(Cc1ccccn1)c1cccc(C(=O)O)n1. The van der Waals surface area contributed by atoms with Crippen LogP contribution < -0.4 is 4.90 Å². The van der Waals surface area contributed by atoms with Crippen LogP contribution in [0, 0.1) is 0 Å². The van der Waals surface area contributed by atoms with Crippen molar-refractivity contribution in [1.82, 2.24) is 9.97 Å². The molecule has 0 aliphatic rings. The van der Waals surface area contributed by atoms with Crippen molar-refractivity contribution >= 4 is 11.8 Å². The summed E-state index contributed by atoms with van der Waals surface area (Å²) >= 11 is 0.